The molecule has 0 saturated heterocycles. The van der Waals surface area contributed by atoms with Gasteiger partial charge in [0, 0.05) is 12.0 Å². The van der Waals surface area contributed by atoms with Crippen molar-refractivity contribution < 1.29 is 9.84 Å². The van der Waals surface area contributed by atoms with Gasteiger partial charge in [-0.2, -0.15) is 0 Å². The van der Waals surface area contributed by atoms with Crippen LogP contribution in [0.25, 0.3) is 0 Å². The van der Waals surface area contributed by atoms with Crippen LogP contribution in [0.15, 0.2) is 24.3 Å². The molecule has 3 atom stereocenters. The lowest BCUT2D eigenvalue weighted by Gasteiger charge is -2.26. The lowest BCUT2D eigenvalue weighted by Crippen LogP contribution is -2.44. The molecule has 20 heavy (non-hydrogen) atoms. The van der Waals surface area contributed by atoms with Crippen molar-refractivity contribution in [3.63, 3.8) is 0 Å². The summed E-state index contributed by atoms with van der Waals surface area (Å²) in [7, 11) is 1.92. The predicted octanol–water partition coefficient (Wildman–Crippen LogP) is 3.08. The van der Waals surface area contributed by atoms with Crippen LogP contribution in [0, 0.1) is 0 Å². The summed E-state index contributed by atoms with van der Waals surface area (Å²) in [5.41, 5.74) is 1.22. The Bertz CT molecular complexity index is 412. The highest BCUT2D eigenvalue weighted by Gasteiger charge is 2.38. The number of hydrogen-bond acceptors (Lipinski definition) is 3. The summed E-state index contributed by atoms with van der Waals surface area (Å²) in [6, 6.07) is 8.46. The highest BCUT2D eigenvalue weighted by molar-refractivity contribution is 5.29. The number of likely N-dealkylation sites (N-methyl/N-ethyl adjacent to an activating group) is 1. The monoisotopic (exact) mass is 277 g/mol. The van der Waals surface area contributed by atoms with E-state index in [1.165, 1.54) is 5.56 Å². The molecule has 0 amide bonds. The van der Waals surface area contributed by atoms with E-state index >= 15 is 0 Å². The highest BCUT2D eigenvalue weighted by atomic mass is 16.5. The number of hydrogen-bond donors (Lipinski definition) is 2. The first-order valence-electron chi connectivity index (χ1n) is 7.69. The Kier molecular flexibility index (Phi) is 5.06. The van der Waals surface area contributed by atoms with Crippen LogP contribution >= 0.6 is 0 Å². The molecule has 3 unspecified atom stereocenters. The third-order valence-corrected chi connectivity index (χ3v) is 4.76. The van der Waals surface area contributed by atoms with Crippen LogP contribution in [0.4, 0.5) is 0 Å². The number of nitrogens with one attached hydrogen (secondary N) is 1. The first-order valence-corrected chi connectivity index (χ1v) is 7.69. The molecule has 3 heteroatoms. The molecule has 112 valence electrons. The van der Waals surface area contributed by atoms with E-state index < -0.39 is 0 Å². The summed E-state index contributed by atoms with van der Waals surface area (Å²) in [6.45, 7) is 4.63. The molecule has 2 rings (SSSR count). The van der Waals surface area contributed by atoms with Crippen LogP contribution in [0.5, 0.6) is 5.75 Å². The number of benzene rings is 1. The van der Waals surface area contributed by atoms with Crippen LogP contribution < -0.4 is 10.1 Å². The van der Waals surface area contributed by atoms with Gasteiger partial charge in [-0.05, 0) is 49.9 Å². The van der Waals surface area contributed by atoms with Gasteiger partial charge < -0.3 is 15.2 Å². The normalized spacial score (nSPS) is 27.5. The van der Waals surface area contributed by atoms with Crippen molar-refractivity contribution >= 4 is 0 Å². The smallest absolute Gasteiger partial charge is 0.119 e. The summed E-state index contributed by atoms with van der Waals surface area (Å²) >= 11 is 0. The fourth-order valence-corrected chi connectivity index (χ4v) is 2.93. The second-order valence-electron chi connectivity index (χ2n) is 6.05. The van der Waals surface area contributed by atoms with E-state index in [0.717, 1.165) is 31.4 Å². The quantitative estimate of drug-likeness (QED) is 0.839. The lowest BCUT2D eigenvalue weighted by molar-refractivity contribution is 0.146. The van der Waals surface area contributed by atoms with Crippen LogP contribution in [0.2, 0.25) is 0 Å². The standard InChI is InChI=1S/C17H27NO2/c1-4-13(2)14-5-7-15(8-6-14)20-16-9-10-17(11-16,12-19)18-3/h5-8,13,16,18-19H,4,9-12H2,1-3H3. The van der Waals surface area contributed by atoms with E-state index in [9.17, 15) is 5.11 Å². The average Bonchev–Trinajstić information content (AvgIpc) is 2.91. The van der Waals surface area contributed by atoms with Crippen molar-refractivity contribution in [2.24, 2.45) is 0 Å². The van der Waals surface area contributed by atoms with E-state index in [1.807, 2.05) is 7.05 Å². The molecule has 2 N–H and O–H groups in total. The third-order valence-electron chi connectivity index (χ3n) is 4.76. The van der Waals surface area contributed by atoms with Gasteiger partial charge in [-0.3, -0.25) is 0 Å². The number of rotatable bonds is 6. The minimum atomic E-state index is -0.151. The van der Waals surface area contributed by atoms with Crippen molar-refractivity contribution in [1.82, 2.24) is 5.32 Å². The van der Waals surface area contributed by atoms with E-state index in [-0.39, 0.29) is 18.2 Å². The molecule has 0 heterocycles. The Balaban J connectivity index is 1.94. The second-order valence-corrected chi connectivity index (χ2v) is 6.05. The van der Waals surface area contributed by atoms with E-state index in [2.05, 4.69) is 43.4 Å². The Hall–Kier alpha value is -1.06. The molecule has 0 spiro atoms. The minimum Gasteiger partial charge on any atom is -0.490 e. The SMILES string of the molecule is CCC(C)c1ccc(OC2CCC(CO)(NC)C2)cc1. The van der Waals surface area contributed by atoms with E-state index in [0.29, 0.717) is 5.92 Å². The Morgan fingerprint density at radius 1 is 1.40 bits per heavy atom. The van der Waals surface area contributed by atoms with E-state index in [1.54, 1.807) is 0 Å². The van der Waals surface area contributed by atoms with Gasteiger partial charge in [0.05, 0.1) is 6.61 Å². The molecule has 1 aromatic carbocycles. The van der Waals surface area contributed by atoms with Gasteiger partial charge in [-0.25, -0.2) is 0 Å². The summed E-state index contributed by atoms with van der Waals surface area (Å²) in [6.07, 6.45) is 4.19. The Morgan fingerprint density at radius 3 is 2.60 bits per heavy atom. The molecule has 1 aromatic rings. The molecule has 0 radical (unpaired) electrons. The molecular weight excluding hydrogens is 250 g/mol. The molecule has 0 aliphatic heterocycles. The zero-order valence-corrected chi connectivity index (χ0v) is 12.9. The summed E-state index contributed by atoms with van der Waals surface area (Å²) in [4.78, 5) is 0. The maximum atomic E-state index is 9.51. The molecule has 0 aromatic heterocycles. The fourth-order valence-electron chi connectivity index (χ4n) is 2.93. The second kappa shape index (κ2) is 6.59. The van der Waals surface area contributed by atoms with Gasteiger partial charge in [0.2, 0.25) is 0 Å². The first kappa shape index (κ1) is 15.3. The topological polar surface area (TPSA) is 41.5 Å². The average molecular weight is 277 g/mol. The summed E-state index contributed by atoms with van der Waals surface area (Å²) in [5, 5.41) is 12.8. The van der Waals surface area contributed by atoms with Crippen molar-refractivity contribution in [2.45, 2.75) is 57.1 Å². The van der Waals surface area contributed by atoms with Crippen molar-refractivity contribution in [2.75, 3.05) is 13.7 Å². The van der Waals surface area contributed by atoms with Crippen molar-refractivity contribution in [3.8, 4) is 5.75 Å². The van der Waals surface area contributed by atoms with Gasteiger partial charge in [-0.15, -0.1) is 0 Å². The molecule has 0 bridgehead atoms. The van der Waals surface area contributed by atoms with Crippen LogP contribution in [0.3, 0.4) is 0 Å². The molecule has 1 aliphatic carbocycles. The number of aliphatic hydroxyl groups is 1. The van der Waals surface area contributed by atoms with Gasteiger partial charge in [0.1, 0.15) is 11.9 Å². The predicted molar refractivity (Wildman–Crippen MR) is 82.3 cm³/mol. The molecule has 1 saturated carbocycles. The van der Waals surface area contributed by atoms with Crippen LogP contribution in [-0.2, 0) is 0 Å². The van der Waals surface area contributed by atoms with Crippen molar-refractivity contribution in [3.05, 3.63) is 29.8 Å². The first-order chi connectivity index (χ1) is 9.62. The lowest BCUT2D eigenvalue weighted by atomic mass is 9.99. The Labute approximate surface area is 122 Å². The molecule has 1 aliphatic rings. The summed E-state index contributed by atoms with van der Waals surface area (Å²) < 4.78 is 6.05. The third kappa shape index (κ3) is 3.33. The van der Waals surface area contributed by atoms with Gasteiger partial charge in [-0.1, -0.05) is 26.0 Å². The highest BCUT2D eigenvalue weighted by Crippen LogP contribution is 2.32. The van der Waals surface area contributed by atoms with Crippen molar-refractivity contribution in [1.29, 1.82) is 0 Å². The molecular formula is C17H27NO2. The van der Waals surface area contributed by atoms with Gasteiger partial charge >= 0.3 is 0 Å². The van der Waals surface area contributed by atoms with Crippen LogP contribution in [0.1, 0.15) is 51.0 Å². The maximum Gasteiger partial charge on any atom is 0.119 e. The van der Waals surface area contributed by atoms with Crippen LogP contribution in [-0.4, -0.2) is 30.4 Å². The zero-order chi connectivity index (χ0) is 14.6. The molecule has 3 nitrogen and oxygen atoms in total. The molecule has 1 fully saturated rings. The number of ether oxygens (including phenoxy) is 1. The summed E-state index contributed by atoms with van der Waals surface area (Å²) in [5.74, 6) is 1.54. The minimum absolute atomic E-state index is 0.151. The maximum absolute atomic E-state index is 9.51. The fraction of sp³-hybridized carbons (Fsp3) is 0.647. The van der Waals surface area contributed by atoms with Gasteiger partial charge in [0.15, 0.2) is 0 Å². The largest absolute Gasteiger partial charge is 0.490 e. The zero-order valence-electron chi connectivity index (χ0n) is 12.9. The number of aliphatic hydroxyl groups excluding tert-OH is 1. The van der Waals surface area contributed by atoms with Gasteiger partial charge in [0.25, 0.3) is 0 Å². The Morgan fingerprint density at radius 2 is 2.10 bits per heavy atom. The van der Waals surface area contributed by atoms with E-state index in [4.69, 9.17) is 4.74 Å².